The van der Waals surface area contributed by atoms with Gasteiger partial charge in [0.2, 0.25) is 0 Å². The Kier molecular flexibility index (Phi) is 4.56. The molecule has 0 fully saturated rings. The number of fused-ring (bicyclic) bond motifs is 1. The second-order valence-electron chi connectivity index (χ2n) is 5.95. The molecule has 25 heavy (non-hydrogen) atoms. The zero-order chi connectivity index (χ0) is 17.2. The first-order valence-corrected chi connectivity index (χ1v) is 10.00. The van der Waals surface area contributed by atoms with Gasteiger partial charge in [0.1, 0.15) is 11.9 Å². The smallest absolute Gasteiger partial charge is 0.150 e. The van der Waals surface area contributed by atoms with Crippen molar-refractivity contribution in [2.45, 2.75) is 29.9 Å². The first kappa shape index (κ1) is 16.3. The van der Waals surface area contributed by atoms with Crippen LogP contribution in [0.5, 0.6) is 0 Å². The van der Waals surface area contributed by atoms with Gasteiger partial charge in [0.25, 0.3) is 0 Å². The van der Waals surface area contributed by atoms with E-state index in [1.807, 2.05) is 29.6 Å². The molecule has 0 radical (unpaired) electrons. The summed E-state index contributed by atoms with van der Waals surface area (Å²) in [5.41, 5.74) is 4.91. The van der Waals surface area contributed by atoms with Crippen LogP contribution in [0, 0.1) is 17.1 Å². The molecule has 5 heteroatoms. The number of thioether (sulfide) groups is 1. The molecular formula is C20H15FN2S2. The number of thiophene rings is 1. The van der Waals surface area contributed by atoms with Gasteiger partial charge in [-0.25, -0.2) is 9.37 Å². The molecule has 0 bridgehead atoms. The molecule has 2 aromatic heterocycles. The molecule has 2 heterocycles. The maximum atomic E-state index is 13.1. The molecular weight excluding hydrogens is 351 g/mol. The van der Waals surface area contributed by atoms with Gasteiger partial charge in [0.05, 0.1) is 0 Å². The van der Waals surface area contributed by atoms with E-state index in [-0.39, 0.29) is 5.82 Å². The van der Waals surface area contributed by atoms with Crippen LogP contribution >= 0.6 is 23.1 Å². The number of aromatic nitrogens is 1. The fourth-order valence-electron chi connectivity index (χ4n) is 3.17. The first-order chi connectivity index (χ1) is 12.3. The molecule has 4 rings (SSSR count). The molecule has 3 aromatic rings. The Morgan fingerprint density at radius 3 is 2.76 bits per heavy atom. The van der Waals surface area contributed by atoms with Crippen molar-refractivity contribution < 1.29 is 4.39 Å². The number of benzene rings is 1. The van der Waals surface area contributed by atoms with Gasteiger partial charge in [-0.3, -0.25) is 0 Å². The van der Waals surface area contributed by atoms with Crippen LogP contribution < -0.4 is 0 Å². The Morgan fingerprint density at radius 2 is 2.04 bits per heavy atom. The summed E-state index contributed by atoms with van der Waals surface area (Å²) in [4.78, 5) is 6.89. The summed E-state index contributed by atoms with van der Waals surface area (Å²) in [6, 6.07) is 13.0. The van der Waals surface area contributed by atoms with Crippen molar-refractivity contribution in [1.29, 1.82) is 5.26 Å². The molecule has 0 aliphatic heterocycles. The molecule has 0 saturated heterocycles. The van der Waals surface area contributed by atoms with Crippen LogP contribution in [-0.4, -0.2) is 4.98 Å². The van der Waals surface area contributed by atoms with Crippen LogP contribution in [0.3, 0.4) is 0 Å². The van der Waals surface area contributed by atoms with Crippen LogP contribution in [0.15, 0.2) is 46.7 Å². The number of nitrogens with zero attached hydrogens (tertiary/aromatic N) is 2. The fourth-order valence-corrected chi connectivity index (χ4v) is 5.26. The Hall–Kier alpha value is -2.16. The maximum absolute atomic E-state index is 13.1. The minimum absolute atomic E-state index is 0.218. The van der Waals surface area contributed by atoms with E-state index in [9.17, 15) is 9.65 Å². The number of pyridine rings is 1. The molecule has 1 aliphatic rings. The highest BCUT2D eigenvalue weighted by Gasteiger charge is 2.24. The Balaban J connectivity index is 1.78. The van der Waals surface area contributed by atoms with Gasteiger partial charge in [-0.15, -0.1) is 23.1 Å². The van der Waals surface area contributed by atoms with Crippen LogP contribution in [0.25, 0.3) is 10.4 Å². The minimum atomic E-state index is -0.218. The van der Waals surface area contributed by atoms with E-state index in [0.29, 0.717) is 5.69 Å². The summed E-state index contributed by atoms with van der Waals surface area (Å²) < 4.78 is 13.1. The highest BCUT2D eigenvalue weighted by molar-refractivity contribution is 7.98. The van der Waals surface area contributed by atoms with Crippen molar-refractivity contribution in [2.75, 3.05) is 0 Å². The van der Waals surface area contributed by atoms with Gasteiger partial charge in [-0.1, -0.05) is 18.2 Å². The van der Waals surface area contributed by atoms with E-state index in [4.69, 9.17) is 0 Å². The van der Waals surface area contributed by atoms with Gasteiger partial charge in [0.15, 0.2) is 5.69 Å². The highest BCUT2D eigenvalue weighted by atomic mass is 32.2. The monoisotopic (exact) mass is 366 g/mol. The van der Waals surface area contributed by atoms with Gasteiger partial charge in [-0.05, 0) is 54.0 Å². The largest absolute Gasteiger partial charge is 0.241 e. The molecule has 0 saturated carbocycles. The number of aryl methyl sites for hydroxylation is 1. The van der Waals surface area contributed by atoms with Gasteiger partial charge in [0, 0.05) is 26.8 Å². The summed E-state index contributed by atoms with van der Waals surface area (Å²) in [7, 11) is 0. The minimum Gasteiger partial charge on any atom is -0.241 e. The number of halogens is 1. The first-order valence-electron chi connectivity index (χ1n) is 8.13. The third-order valence-electron chi connectivity index (χ3n) is 4.34. The van der Waals surface area contributed by atoms with E-state index >= 15 is 0 Å². The average Bonchev–Trinajstić information content (AvgIpc) is 3.31. The lowest BCUT2D eigenvalue weighted by Gasteiger charge is -2.14. The van der Waals surface area contributed by atoms with Crippen LogP contribution in [-0.2, 0) is 18.6 Å². The van der Waals surface area contributed by atoms with Crippen molar-refractivity contribution in [3.8, 4) is 16.5 Å². The van der Waals surface area contributed by atoms with Crippen molar-refractivity contribution in [1.82, 2.24) is 4.98 Å². The Bertz CT molecular complexity index is 941. The van der Waals surface area contributed by atoms with E-state index in [1.165, 1.54) is 22.6 Å². The van der Waals surface area contributed by atoms with E-state index in [2.05, 4.69) is 11.1 Å². The molecule has 1 aromatic carbocycles. The second-order valence-corrected chi connectivity index (χ2v) is 7.88. The summed E-state index contributed by atoms with van der Waals surface area (Å²) in [5, 5.41) is 11.7. The van der Waals surface area contributed by atoms with Gasteiger partial charge < -0.3 is 0 Å². The predicted molar refractivity (Wildman–Crippen MR) is 100 cm³/mol. The molecule has 0 unspecified atom stereocenters. The van der Waals surface area contributed by atoms with Crippen molar-refractivity contribution in [3.05, 3.63) is 70.1 Å². The zero-order valence-electron chi connectivity index (χ0n) is 13.5. The third kappa shape index (κ3) is 3.20. The predicted octanol–water partition coefficient (Wildman–Crippen LogP) is 5.60. The van der Waals surface area contributed by atoms with Crippen molar-refractivity contribution in [2.24, 2.45) is 0 Å². The van der Waals surface area contributed by atoms with Crippen molar-refractivity contribution >= 4 is 23.1 Å². The molecule has 2 nitrogen and oxygen atoms in total. The highest BCUT2D eigenvalue weighted by Crippen LogP contribution is 2.42. The average molecular weight is 366 g/mol. The standard InChI is InChI=1S/C20H15FN2S2/c21-14-8-6-13(7-9-14)12-25-20-15-3-1-4-16(15)23-17(11-22)19(20)18-5-2-10-24-18/h2,5-10H,1,3-4,12H2. The lowest BCUT2D eigenvalue weighted by atomic mass is 10.1. The fraction of sp³-hybridized carbons (Fsp3) is 0.200. The lowest BCUT2D eigenvalue weighted by molar-refractivity contribution is 0.627. The van der Waals surface area contributed by atoms with E-state index in [1.54, 1.807) is 23.1 Å². The number of rotatable bonds is 4. The van der Waals surface area contributed by atoms with Gasteiger partial charge in [-0.2, -0.15) is 5.26 Å². The molecule has 124 valence electrons. The molecule has 0 N–H and O–H groups in total. The molecule has 0 atom stereocenters. The zero-order valence-corrected chi connectivity index (χ0v) is 15.1. The lowest BCUT2D eigenvalue weighted by Crippen LogP contribution is -2.00. The Morgan fingerprint density at radius 1 is 1.20 bits per heavy atom. The molecule has 0 amide bonds. The number of nitriles is 1. The molecule has 0 spiro atoms. The van der Waals surface area contributed by atoms with Crippen LogP contribution in [0.2, 0.25) is 0 Å². The number of hydrogen-bond donors (Lipinski definition) is 0. The van der Waals surface area contributed by atoms with Crippen LogP contribution in [0.1, 0.15) is 28.9 Å². The molecule has 1 aliphatic carbocycles. The summed E-state index contributed by atoms with van der Waals surface area (Å²) in [6.07, 6.45) is 3.04. The maximum Gasteiger partial charge on any atom is 0.150 e. The summed E-state index contributed by atoms with van der Waals surface area (Å²) >= 11 is 3.37. The topological polar surface area (TPSA) is 36.7 Å². The quantitative estimate of drug-likeness (QED) is 0.564. The SMILES string of the molecule is N#Cc1nc2c(c(SCc3ccc(F)cc3)c1-c1cccs1)CCC2. The summed E-state index contributed by atoms with van der Waals surface area (Å²) in [6.45, 7) is 0. The van der Waals surface area contributed by atoms with E-state index < -0.39 is 0 Å². The van der Waals surface area contributed by atoms with Gasteiger partial charge >= 0.3 is 0 Å². The second kappa shape index (κ2) is 6.99. The normalized spacial score (nSPS) is 12.8. The van der Waals surface area contributed by atoms with Crippen LogP contribution in [0.4, 0.5) is 4.39 Å². The van der Waals surface area contributed by atoms with Crippen molar-refractivity contribution in [3.63, 3.8) is 0 Å². The number of hydrogen-bond acceptors (Lipinski definition) is 4. The van der Waals surface area contributed by atoms with E-state index in [0.717, 1.165) is 46.7 Å². The Labute approximate surface area is 154 Å². The summed E-state index contributed by atoms with van der Waals surface area (Å²) in [5.74, 6) is 0.532. The third-order valence-corrected chi connectivity index (χ3v) is 6.45.